The molecule has 31 heavy (non-hydrogen) atoms. The van der Waals surface area contributed by atoms with E-state index in [4.69, 9.17) is 5.10 Å². The van der Waals surface area contributed by atoms with Crippen molar-refractivity contribution in [2.45, 2.75) is 71.1 Å². The van der Waals surface area contributed by atoms with E-state index in [0.29, 0.717) is 12.3 Å². The molecule has 1 aliphatic heterocycles. The maximum atomic E-state index is 13.3. The van der Waals surface area contributed by atoms with Gasteiger partial charge in [-0.05, 0) is 49.6 Å². The summed E-state index contributed by atoms with van der Waals surface area (Å²) in [6, 6.07) is 2.13. The first-order valence-corrected chi connectivity index (χ1v) is 12.8. The highest BCUT2D eigenvalue weighted by molar-refractivity contribution is 8.00. The van der Waals surface area contributed by atoms with Crippen LogP contribution in [0, 0.1) is 0 Å². The molecule has 1 N–H and O–H groups in total. The Hall–Kier alpha value is -1.80. The van der Waals surface area contributed by atoms with E-state index in [2.05, 4.69) is 63.7 Å². The van der Waals surface area contributed by atoms with E-state index in [9.17, 15) is 9.59 Å². The van der Waals surface area contributed by atoms with Crippen molar-refractivity contribution in [3.63, 3.8) is 0 Å². The van der Waals surface area contributed by atoms with Crippen molar-refractivity contribution in [3.8, 4) is 0 Å². The number of aromatic nitrogens is 2. The van der Waals surface area contributed by atoms with Crippen molar-refractivity contribution in [3.05, 3.63) is 33.6 Å². The third-order valence-electron chi connectivity index (χ3n) is 5.15. The number of fused-ring (bicyclic) bond motifs is 1. The second-order valence-corrected chi connectivity index (χ2v) is 11.9. The van der Waals surface area contributed by atoms with Gasteiger partial charge >= 0.3 is 0 Å². The van der Waals surface area contributed by atoms with Gasteiger partial charge in [0.05, 0.1) is 22.2 Å². The van der Waals surface area contributed by atoms with Crippen molar-refractivity contribution >= 4 is 40.7 Å². The van der Waals surface area contributed by atoms with Gasteiger partial charge in [-0.2, -0.15) is 16.4 Å². The van der Waals surface area contributed by atoms with E-state index in [-0.39, 0.29) is 34.6 Å². The number of hydrogen-bond donors (Lipinski definition) is 1. The number of rotatable bonds is 5. The third-order valence-corrected chi connectivity index (χ3v) is 7.11. The number of anilines is 1. The molecule has 0 aliphatic carbocycles. The molecule has 0 fully saturated rings. The number of nitrogens with one attached hydrogen (secondary N) is 1. The lowest BCUT2D eigenvalue weighted by molar-refractivity contribution is -0.122. The van der Waals surface area contributed by atoms with E-state index < -0.39 is 0 Å². The third kappa shape index (κ3) is 5.00. The fraction of sp³-hybridized carbons (Fsp3) is 0.609. The topological polar surface area (TPSA) is 67.2 Å². The lowest BCUT2D eigenvalue weighted by Crippen LogP contribution is -2.43. The molecule has 0 spiro atoms. The average molecular weight is 463 g/mol. The summed E-state index contributed by atoms with van der Waals surface area (Å²) in [5.41, 5.74) is 2.66. The highest BCUT2D eigenvalue weighted by Gasteiger charge is 2.41. The Labute approximate surface area is 193 Å². The second kappa shape index (κ2) is 8.98. The Morgan fingerprint density at radius 1 is 1.26 bits per heavy atom. The van der Waals surface area contributed by atoms with Gasteiger partial charge in [-0.1, -0.05) is 27.7 Å². The van der Waals surface area contributed by atoms with Crippen LogP contribution in [-0.4, -0.2) is 40.4 Å². The van der Waals surface area contributed by atoms with Gasteiger partial charge in [-0.3, -0.25) is 14.5 Å². The zero-order valence-corrected chi connectivity index (χ0v) is 21.2. The Kier molecular flexibility index (Phi) is 6.91. The Morgan fingerprint density at radius 2 is 1.97 bits per heavy atom. The molecule has 0 bridgehead atoms. The fourth-order valence-electron chi connectivity index (χ4n) is 3.69. The van der Waals surface area contributed by atoms with Crippen LogP contribution in [0.5, 0.6) is 0 Å². The number of nitrogens with zero attached hydrogens (tertiary/aromatic N) is 3. The smallest absolute Gasteiger partial charge is 0.240 e. The van der Waals surface area contributed by atoms with E-state index in [1.54, 1.807) is 28.0 Å². The van der Waals surface area contributed by atoms with Crippen LogP contribution < -0.4 is 10.2 Å². The minimum Gasteiger partial charge on any atom is -0.355 e. The summed E-state index contributed by atoms with van der Waals surface area (Å²) < 4.78 is 1.96. The molecule has 0 saturated carbocycles. The highest BCUT2D eigenvalue weighted by atomic mass is 32.2. The van der Waals surface area contributed by atoms with E-state index >= 15 is 0 Å². The van der Waals surface area contributed by atoms with Gasteiger partial charge in [0.15, 0.2) is 0 Å². The molecule has 2 amide bonds. The molecule has 0 radical (unpaired) electrons. The zero-order valence-electron chi connectivity index (χ0n) is 19.6. The van der Waals surface area contributed by atoms with Crippen LogP contribution in [0.2, 0.25) is 0 Å². The number of hydrogen-bond acceptors (Lipinski definition) is 5. The molecule has 170 valence electrons. The van der Waals surface area contributed by atoms with Crippen molar-refractivity contribution < 1.29 is 9.59 Å². The van der Waals surface area contributed by atoms with Gasteiger partial charge in [0, 0.05) is 17.5 Å². The van der Waals surface area contributed by atoms with Crippen LogP contribution in [0.15, 0.2) is 16.8 Å². The lowest BCUT2D eigenvalue weighted by atomic mass is 9.87. The SMILES string of the molecule is CCCNC(=O)CN1C(=O)CS[C@@H](c2ccsc2)c2c(C(C)(C)C)nn(C(C)(C)C)c21. The summed E-state index contributed by atoms with van der Waals surface area (Å²) in [7, 11) is 0. The first-order valence-electron chi connectivity index (χ1n) is 10.8. The first kappa shape index (κ1) is 23.9. The zero-order chi connectivity index (χ0) is 23.0. The molecule has 8 heteroatoms. The maximum Gasteiger partial charge on any atom is 0.240 e. The predicted octanol–water partition coefficient (Wildman–Crippen LogP) is 4.69. The summed E-state index contributed by atoms with van der Waals surface area (Å²) in [4.78, 5) is 27.7. The number of carbonyl (C=O) groups is 2. The van der Waals surface area contributed by atoms with Crippen LogP contribution in [0.4, 0.5) is 5.82 Å². The molecule has 0 unspecified atom stereocenters. The normalized spacial score (nSPS) is 17.5. The van der Waals surface area contributed by atoms with Crippen LogP contribution in [0.1, 0.15) is 77.0 Å². The van der Waals surface area contributed by atoms with Crippen LogP contribution in [-0.2, 0) is 20.5 Å². The fourth-order valence-corrected chi connectivity index (χ4v) is 5.65. The summed E-state index contributed by atoms with van der Waals surface area (Å²) in [6.07, 6.45) is 0.856. The van der Waals surface area contributed by atoms with Gasteiger partial charge in [-0.25, -0.2) is 4.68 Å². The number of carbonyl (C=O) groups excluding carboxylic acids is 2. The van der Waals surface area contributed by atoms with E-state index in [0.717, 1.165) is 23.5 Å². The summed E-state index contributed by atoms with van der Waals surface area (Å²) >= 11 is 3.28. The summed E-state index contributed by atoms with van der Waals surface area (Å²) in [5, 5.41) is 12.2. The van der Waals surface area contributed by atoms with E-state index in [1.165, 1.54) is 5.56 Å². The predicted molar refractivity (Wildman–Crippen MR) is 130 cm³/mol. The molecule has 6 nitrogen and oxygen atoms in total. The number of thioether (sulfide) groups is 1. The molecule has 0 saturated heterocycles. The second-order valence-electron chi connectivity index (χ2n) is 10.00. The minimum absolute atomic E-state index is 0.000715. The standard InChI is InChI=1S/C23H34N4O2S2/c1-8-10-24-16(28)12-26-17(29)14-31-19(15-9-11-30-13-15)18-20(22(2,3)4)25-27(21(18)26)23(5,6)7/h9,11,13,19H,8,10,12,14H2,1-7H3,(H,24,28)/t19-/m0/s1. The van der Waals surface area contributed by atoms with Gasteiger partial charge in [0.25, 0.3) is 0 Å². The molecule has 1 atom stereocenters. The maximum absolute atomic E-state index is 13.3. The monoisotopic (exact) mass is 462 g/mol. The minimum atomic E-state index is -0.347. The molecule has 2 aromatic rings. The molecule has 1 aliphatic rings. The van der Waals surface area contributed by atoms with Crippen molar-refractivity contribution in [1.29, 1.82) is 0 Å². The quantitative estimate of drug-likeness (QED) is 0.700. The lowest BCUT2D eigenvalue weighted by Gasteiger charge is -2.28. The van der Waals surface area contributed by atoms with Gasteiger partial charge in [-0.15, -0.1) is 11.8 Å². The van der Waals surface area contributed by atoms with Gasteiger partial charge in [0.2, 0.25) is 11.8 Å². The van der Waals surface area contributed by atoms with Crippen molar-refractivity contribution in [2.75, 3.05) is 23.7 Å². The van der Waals surface area contributed by atoms with Crippen LogP contribution in [0.25, 0.3) is 0 Å². The van der Waals surface area contributed by atoms with Crippen LogP contribution >= 0.6 is 23.1 Å². The number of thiophene rings is 1. The van der Waals surface area contributed by atoms with Crippen LogP contribution in [0.3, 0.4) is 0 Å². The summed E-state index contributed by atoms with van der Waals surface area (Å²) in [6.45, 7) is 15.4. The van der Waals surface area contributed by atoms with Crippen molar-refractivity contribution in [2.24, 2.45) is 0 Å². The Balaban J connectivity index is 2.25. The molecule has 2 aromatic heterocycles. The van der Waals surface area contributed by atoms with E-state index in [1.807, 2.05) is 11.6 Å². The number of amides is 2. The molecule has 3 heterocycles. The average Bonchev–Trinajstić information content (AvgIpc) is 3.30. The van der Waals surface area contributed by atoms with Gasteiger partial charge in [0.1, 0.15) is 12.4 Å². The molecular formula is C23H34N4O2S2. The summed E-state index contributed by atoms with van der Waals surface area (Å²) in [5.74, 6) is 0.889. The Morgan fingerprint density at radius 3 is 2.52 bits per heavy atom. The van der Waals surface area contributed by atoms with Crippen molar-refractivity contribution in [1.82, 2.24) is 15.1 Å². The molecule has 0 aromatic carbocycles. The molecule has 3 rings (SSSR count). The first-order chi connectivity index (χ1) is 14.4. The van der Waals surface area contributed by atoms with Gasteiger partial charge < -0.3 is 5.32 Å². The Bertz CT molecular complexity index is 936. The highest BCUT2D eigenvalue weighted by Crippen LogP contribution is 2.49. The largest absolute Gasteiger partial charge is 0.355 e. The molecular weight excluding hydrogens is 428 g/mol.